The van der Waals surface area contributed by atoms with Gasteiger partial charge in [0, 0.05) is 18.5 Å². The molecule has 0 aliphatic rings. The van der Waals surface area contributed by atoms with Gasteiger partial charge in [-0.3, -0.25) is 0 Å². The predicted octanol–water partition coefficient (Wildman–Crippen LogP) is 4.91. The van der Waals surface area contributed by atoms with Crippen molar-refractivity contribution < 1.29 is 13.2 Å². The molecule has 0 amide bonds. The van der Waals surface area contributed by atoms with E-state index in [1.54, 1.807) is 6.07 Å². The Labute approximate surface area is 148 Å². The van der Waals surface area contributed by atoms with Crippen molar-refractivity contribution in [1.82, 2.24) is 9.69 Å². The van der Waals surface area contributed by atoms with Crippen molar-refractivity contribution >= 4 is 27.4 Å². The summed E-state index contributed by atoms with van der Waals surface area (Å²) in [6.07, 6.45) is -3.52. The summed E-state index contributed by atoms with van der Waals surface area (Å²) >= 11 is 1.45. The Kier molecular flexibility index (Phi) is 5.55. The molecule has 0 aliphatic heterocycles. The fourth-order valence-electron chi connectivity index (χ4n) is 2.61. The van der Waals surface area contributed by atoms with Gasteiger partial charge in [-0.25, -0.2) is 0 Å². The van der Waals surface area contributed by atoms with Gasteiger partial charge in [-0.05, 0) is 48.3 Å². The molecule has 0 bridgehead atoms. The van der Waals surface area contributed by atoms with Gasteiger partial charge < -0.3 is 10.6 Å². The Balaban J connectivity index is 1.44. The third kappa shape index (κ3) is 4.49. The molecule has 0 unspecified atom stereocenters. The van der Waals surface area contributed by atoms with E-state index in [2.05, 4.69) is 15.0 Å². The Hall–Kier alpha value is -2.12. The quantitative estimate of drug-likeness (QED) is 0.584. The molecule has 1 heterocycles. The van der Waals surface area contributed by atoms with E-state index in [0.29, 0.717) is 13.1 Å². The summed E-state index contributed by atoms with van der Waals surface area (Å²) in [6.45, 7) is 1.54. The minimum atomic E-state index is -4.31. The zero-order chi connectivity index (χ0) is 17.7. The SMILES string of the molecule is FC(F)(F)c1ccccc1CNCCCNc1nsc2ccccc12. The highest BCUT2D eigenvalue weighted by atomic mass is 32.1. The van der Waals surface area contributed by atoms with Gasteiger partial charge in [-0.2, -0.15) is 17.5 Å². The van der Waals surface area contributed by atoms with E-state index in [9.17, 15) is 13.2 Å². The molecule has 0 saturated carbocycles. The number of nitrogens with one attached hydrogen (secondary N) is 2. The number of hydrogen-bond donors (Lipinski definition) is 2. The number of fused-ring (bicyclic) bond motifs is 1. The first-order chi connectivity index (χ1) is 12.1. The summed E-state index contributed by atoms with van der Waals surface area (Å²) in [4.78, 5) is 0. The number of benzene rings is 2. The van der Waals surface area contributed by atoms with Gasteiger partial charge in [0.2, 0.25) is 0 Å². The first-order valence-corrected chi connectivity index (χ1v) is 8.77. The molecule has 0 aliphatic carbocycles. The van der Waals surface area contributed by atoms with Gasteiger partial charge in [-0.1, -0.05) is 30.3 Å². The fourth-order valence-corrected chi connectivity index (χ4v) is 3.36. The highest BCUT2D eigenvalue weighted by molar-refractivity contribution is 7.13. The maximum Gasteiger partial charge on any atom is 0.416 e. The largest absolute Gasteiger partial charge is 0.416 e. The third-order valence-corrected chi connectivity index (χ3v) is 4.67. The average molecular weight is 365 g/mol. The second kappa shape index (κ2) is 7.84. The molecule has 0 fully saturated rings. The molecule has 132 valence electrons. The first kappa shape index (κ1) is 17.7. The lowest BCUT2D eigenvalue weighted by Crippen LogP contribution is -2.20. The van der Waals surface area contributed by atoms with Crippen molar-refractivity contribution in [2.75, 3.05) is 18.4 Å². The topological polar surface area (TPSA) is 37.0 Å². The van der Waals surface area contributed by atoms with Crippen LogP contribution in [0.3, 0.4) is 0 Å². The normalized spacial score (nSPS) is 11.8. The van der Waals surface area contributed by atoms with Crippen LogP contribution in [0.1, 0.15) is 17.5 Å². The standard InChI is InChI=1S/C18H18F3N3S/c19-18(20,21)15-8-3-1-6-13(15)12-22-10-5-11-23-17-14-7-2-4-9-16(14)25-24-17/h1-4,6-9,22H,5,10-12H2,(H,23,24). The zero-order valence-electron chi connectivity index (χ0n) is 13.4. The van der Waals surface area contributed by atoms with Crippen molar-refractivity contribution in [2.45, 2.75) is 19.1 Å². The number of halogens is 3. The number of hydrogen-bond acceptors (Lipinski definition) is 4. The molecule has 3 aromatic rings. The number of aromatic nitrogens is 1. The molecule has 1 aromatic heterocycles. The van der Waals surface area contributed by atoms with Crippen molar-refractivity contribution in [3.05, 3.63) is 59.7 Å². The molecule has 7 heteroatoms. The maximum absolute atomic E-state index is 12.9. The summed E-state index contributed by atoms with van der Waals surface area (Å²) < 4.78 is 44.3. The van der Waals surface area contributed by atoms with E-state index in [1.807, 2.05) is 24.3 Å². The monoisotopic (exact) mass is 365 g/mol. The van der Waals surface area contributed by atoms with Crippen LogP contribution in [0.15, 0.2) is 48.5 Å². The lowest BCUT2D eigenvalue weighted by molar-refractivity contribution is -0.138. The molecule has 25 heavy (non-hydrogen) atoms. The number of rotatable bonds is 7. The summed E-state index contributed by atoms with van der Waals surface area (Å²) in [6, 6.07) is 13.7. The summed E-state index contributed by atoms with van der Waals surface area (Å²) in [5.74, 6) is 0.864. The van der Waals surface area contributed by atoms with E-state index in [4.69, 9.17) is 0 Å². The molecular weight excluding hydrogens is 347 g/mol. The molecule has 3 nitrogen and oxygen atoms in total. The molecule has 3 rings (SSSR count). The van der Waals surface area contributed by atoms with Crippen LogP contribution in [0, 0.1) is 0 Å². The lowest BCUT2D eigenvalue weighted by atomic mass is 10.1. The predicted molar refractivity (Wildman–Crippen MR) is 95.9 cm³/mol. The Morgan fingerprint density at radius 1 is 0.960 bits per heavy atom. The smallest absolute Gasteiger partial charge is 0.369 e. The lowest BCUT2D eigenvalue weighted by Gasteiger charge is -2.13. The summed E-state index contributed by atoms with van der Waals surface area (Å²) in [5.41, 5.74) is -0.303. The number of anilines is 1. The molecule has 0 radical (unpaired) electrons. The number of alkyl halides is 3. The minimum absolute atomic E-state index is 0.204. The highest BCUT2D eigenvalue weighted by Crippen LogP contribution is 2.31. The van der Waals surface area contributed by atoms with Crippen molar-refractivity contribution in [3.8, 4) is 0 Å². The van der Waals surface area contributed by atoms with Crippen molar-refractivity contribution in [3.63, 3.8) is 0 Å². The second-order valence-corrected chi connectivity index (χ2v) is 6.44. The van der Waals surface area contributed by atoms with Crippen LogP contribution in [-0.4, -0.2) is 17.5 Å². The van der Waals surface area contributed by atoms with Gasteiger partial charge in [0.25, 0.3) is 0 Å². The third-order valence-electron chi connectivity index (χ3n) is 3.84. The van der Waals surface area contributed by atoms with Gasteiger partial charge in [-0.15, -0.1) is 0 Å². The Morgan fingerprint density at radius 3 is 2.56 bits per heavy atom. The van der Waals surface area contributed by atoms with E-state index in [1.165, 1.54) is 23.7 Å². The van der Waals surface area contributed by atoms with E-state index in [-0.39, 0.29) is 12.1 Å². The average Bonchev–Trinajstić information content (AvgIpc) is 3.01. The van der Waals surface area contributed by atoms with E-state index >= 15 is 0 Å². The minimum Gasteiger partial charge on any atom is -0.369 e. The summed E-state index contributed by atoms with van der Waals surface area (Å²) in [7, 11) is 0. The van der Waals surface area contributed by atoms with Crippen LogP contribution in [0.2, 0.25) is 0 Å². The van der Waals surface area contributed by atoms with Gasteiger partial charge >= 0.3 is 6.18 Å². The van der Waals surface area contributed by atoms with Gasteiger partial charge in [0.15, 0.2) is 0 Å². The molecule has 0 spiro atoms. The Morgan fingerprint density at radius 2 is 1.72 bits per heavy atom. The van der Waals surface area contributed by atoms with Crippen LogP contribution < -0.4 is 10.6 Å². The van der Waals surface area contributed by atoms with Gasteiger partial charge in [0.05, 0.1) is 10.3 Å². The number of nitrogens with zero attached hydrogens (tertiary/aromatic N) is 1. The second-order valence-electron chi connectivity index (χ2n) is 5.64. The van der Waals surface area contributed by atoms with Crippen LogP contribution in [0.25, 0.3) is 10.1 Å². The van der Waals surface area contributed by atoms with Crippen molar-refractivity contribution in [2.24, 2.45) is 0 Å². The van der Waals surface area contributed by atoms with E-state index in [0.717, 1.165) is 28.4 Å². The van der Waals surface area contributed by atoms with Crippen LogP contribution in [0.5, 0.6) is 0 Å². The summed E-state index contributed by atoms with van der Waals surface area (Å²) in [5, 5.41) is 7.45. The first-order valence-electron chi connectivity index (χ1n) is 8.00. The zero-order valence-corrected chi connectivity index (χ0v) is 14.3. The van der Waals surface area contributed by atoms with Crippen LogP contribution >= 0.6 is 11.5 Å². The molecule has 0 atom stereocenters. The van der Waals surface area contributed by atoms with Crippen LogP contribution in [0.4, 0.5) is 19.0 Å². The Bertz CT molecular complexity index is 830. The molecule has 2 aromatic carbocycles. The molecule has 0 saturated heterocycles. The fraction of sp³-hybridized carbons (Fsp3) is 0.278. The maximum atomic E-state index is 12.9. The molecule has 2 N–H and O–H groups in total. The highest BCUT2D eigenvalue weighted by Gasteiger charge is 2.32. The molecular formula is C18H18F3N3S. The van der Waals surface area contributed by atoms with E-state index < -0.39 is 11.7 Å². The van der Waals surface area contributed by atoms with Gasteiger partial charge in [0.1, 0.15) is 5.82 Å². The van der Waals surface area contributed by atoms with Crippen LogP contribution in [-0.2, 0) is 12.7 Å². The van der Waals surface area contributed by atoms with Crippen molar-refractivity contribution in [1.29, 1.82) is 0 Å².